The summed E-state index contributed by atoms with van der Waals surface area (Å²) in [5.41, 5.74) is 0.469. The predicted molar refractivity (Wildman–Crippen MR) is 108 cm³/mol. The predicted octanol–water partition coefficient (Wildman–Crippen LogP) is 2.57. The van der Waals surface area contributed by atoms with E-state index in [1.54, 1.807) is 38.1 Å². The average Bonchev–Trinajstić information content (AvgIpc) is 2.67. The monoisotopic (exact) mass is 420 g/mol. The number of sulfonamides is 1. The van der Waals surface area contributed by atoms with Gasteiger partial charge in [-0.1, -0.05) is 6.07 Å². The lowest BCUT2D eigenvalue weighted by atomic mass is 10.2. The van der Waals surface area contributed by atoms with Gasteiger partial charge >= 0.3 is 5.97 Å². The molecule has 8 nitrogen and oxygen atoms in total. The van der Waals surface area contributed by atoms with Gasteiger partial charge in [-0.2, -0.15) is 0 Å². The summed E-state index contributed by atoms with van der Waals surface area (Å²) < 4.78 is 38.0. The number of benzene rings is 2. The van der Waals surface area contributed by atoms with Crippen molar-refractivity contribution in [2.45, 2.75) is 31.8 Å². The van der Waals surface area contributed by atoms with Crippen molar-refractivity contribution in [1.82, 2.24) is 5.32 Å². The molecule has 0 heterocycles. The first-order chi connectivity index (χ1) is 13.7. The van der Waals surface area contributed by atoms with Gasteiger partial charge in [0, 0.05) is 11.3 Å². The van der Waals surface area contributed by atoms with Gasteiger partial charge in [-0.15, -0.1) is 0 Å². The van der Waals surface area contributed by atoms with Crippen LogP contribution in [0.3, 0.4) is 0 Å². The maximum atomic E-state index is 12.6. The minimum atomic E-state index is -3.90. The van der Waals surface area contributed by atoms with Crippen LogP contribution >= 0.6 is 0 Å². The molecule has 2 aromatic carbocycles. The number of hydrogen-bond donors (Lipinski definition) is 2. The molecule has 0 saturated carbocycles. The topological polar surface area (TPSA) is 111 Å². The fourth-order valence-electron chi connectivity index (χ4n) is 2.36. The molecular formula is C20H24N2O6S. The van der Waals surface area contributed by atoms with Crippen LogP contribution in [-0.2, 0) is 19.6 Å². The van der Waals surface area contributed by atoms with Crippen molar-refractivity contribution in [3.63, 3.8) is 0 Å². The van der Waals surface area contributed by atoms with Crippen LogP contribution in [0.4, 0.5) is 5.69 Å². The van der Waals surface area contributed by atoms with Gasteiger partial charge in [-0.25, -0.2) is 8.42 Å². The van der Waals surface area contributed by atoms with Crippen molar-refractivity contribution in [3.05, 3.63) is 54.1 Å². The SMILES string of the molecule is CCOc1ccc(NS(=O)(=O)c2cccc(C(=O)NCC(=O)OC(C)C)c2)cc1. The Morgan fingerprint density at radius 1 is 1.07 bits per heavy atom. The second-order valence-corrected chi connectivity index (χ2v) is 7.99. The third kappa shape index (κ3) is 6.79. The molecule has 2 N–H and O–H groups in total. The molecule has 0 unspecified atom stereocenters. The van der Waals surface area contributed by atoms with E-state index in [0.29, 0.717) is 18.0 Å². The molecule has 0 atom stereocenters. The normalized spacial score (nSPS) is 11.0. The molecule has 2 rings (SSSR count). The molecule has 2 aromatic rings. The molecule has 0 aliphatic rings. The Morgan fingerprint density at radius 3 is 2.38 bits per heavy atom. The molecule has 0 bridgehead atoms. The molecule has 0 aromatic heterocycles. The summed E-state index contributed by atoms with van der Waals surface area (Å²) in [5.74, 6) is -0.525. The molecular weight excluding hydrogens is 396 g/mol. The second-order valence-electron chi connectivity index (χ2n) is 6.31. The van der Waals surface area contributed by atoms with Crippen LogP contribution in [0.1, 0.15) is 31.1 Å². The first-order valence-electron chi connectivity index (χ1n) is 9.04. The molecule has 0 aliphatic heterocycles. The maximum absolute atomic E-state index is 12.6. The number of nitrogens with one attached hydrogen (secondary N) is 2. The second kappa shape index (κ2) is 9.92. The third-order valence-corrected chi connectivity index (χ3v) is 4.96. The zero-order valence-electron chi connectivity index (χ0n) is 16.5. The highest BCUT2D eigenvalue weighted by Crippen LogP contribution is 2.20. The van der Waals surface area contributed by atoms with Gasteiger partial charge < -0.3 is 14.8 Å². The minimum Gasteiger partial charge on any atom is -0.494 e. The van der Waals surface area contributed by atoms with E-state index in [0.717, 1.165) is 0 Å². The average molecular weight is 420 g/mol. The number of esters is 1. The van der Waals surface area contributed by atoms with E-state index in [1.807, 2.05) is 6.92 Å². The minimum absolute atomic E-state index is 0.0798. The van der Waals surface area contributed by atoms with Gasteiger partial charge in [0.1, 0.15) is 12.3 Å². The fraction of sp³-hybridized carbons (Fsp3) is 0.300. The Bertz CT molecular complexity index is 955. The van der Waals surface area contributed by atoms with Crippen molar-refractivity contribution in [3.8, 4) is 5.75 Å². The molecule has 0 aliphatic carbocycles. The number of rotatable bonds is 9. The molecule has 0 saturated heterocycles. The molecule has 29 heavy (non-hydrogen) atoms. The fourth-order valence-corrected chi connectivity index (χ4v) is 3.47. The number of carbonyl (C=O) groups is 2. The highest BCUT2D eigenvalue weighted by Gasteiger charge is 2.17. The molecule has 9 heteroatoms. The van der Waals surface area contributed by atoms with Gasteiger partial charge in [-0.05, 0) is 63.2 Å². The van der Waals surface area contributed by atoms with Crippen molar-refractivity contribution in [2.24, 2.45) is 0 Å². The lowest BCUT2D eigenvalue weighted by Gasteiger charge is -2.11. The van der Waals surface area contributed by atoms with Gasteiger partial charge in [0.2, 0.25) is 0 Å². The largest absolute Gasteiger partial charge is 0.494 e. The Morgan fingerprint density at radius 2 is 1.76 bits per heavy atom. The molecule has 156 valence electrons. The lowest BCUT2D eigenvalue weighted by Crippen LogP contribution is -2.31. The van der Waals surface area contributed by atoms with E-state index in [2.05, 4.69) is 10.0 Å². The van der Waals surface area contributed by atoms with E-state index in [4.69, 9.17) is 9.47 Å². The zero-order chi connectivity index (χ0) is 21.4. The van der Waals surface area contributed by atoms with Crippen LogP contribution in [0.2, 0.25) is 0 Å². The Kier molecular flexibility index (Phi) is 7.60. The zero-order valence-corrected chi connectivity index (χ0v) is 17.3. The van der Waals surface area contributed by atoms with Crippen LogP contribution in [0, 0.1) is 0 Å². The molecule has 0 spiro atoms. The number of anilines is 1. The Hall–Kier alpha value is -3.07. The van der Waals surface area contributed by atoms with Crippen LogP contribution in [0.5, 0.6) is 5.75 Å². The molecule has 0 radical (unpaired) electrons. The summed E-state index contributed by atoms with van der Waals surface area (Å²) in [7, 11) is -3.90. The summed E-state index contributed by atoms with van der Waals surface area (Å²) in [4.78, 5) is 23.7. The third-order valence-electron chi connectivity index (χ3n) is 3.58. The summed E-state index contributed by atoms with van der Waals surface area (Å²) in [6, 6.07) is 12.0. The van der Waals surface area contributed by atoms with Crippen LogP contribution in [0.25, 0.3) is 0 Å². The van der Waals surface area contributed by atoms with E-state index in [1.165, 1.54) is 24.3 Å². The Balaban J connectivity index is 2.08. The van der Waals surface area contributed by atoms with Gasteiger partial charge in [0.25, 0.3) is 15.9 Å². The van der Waals surface area contributed by atoms with Gasteiger partial charge in [-0.3, -0.25) is 14.3 Å². The molecule has 1 amide bonds. The summed E-state index contributed by atoms with van der Waals surface area (Å²) in [5, 5.41) is 2.41. The van der Waals surface area contributed by atoms with Crippen LogP contribution < -0.4 is 14.8 Å². The number of carbonyl (C=O) groups excluding carboxylic acids is 2. The van der Waals surface area contributed by atoms with Gasteiger partial charge in [0.15, 0.2) is 0 Å². The maximum Gasteiger partial charge on any atom is 0.325 e. The van der Waals surface area contributed by atoms with Gasteiger partial charge in [0.05, 0.1) is 17.6 Å². The number of ether oxygens (including phenoxy) is 2. The number of amides is 1. The number of hydrogen-bond acceptors (Lipinski definition) is 6. The van der Waals surface area contributed by atoms with Crippen molar-refractivity contribution in [2.75, 3.05) is 17.9 Å². The van der Waals surface area contributed by atoms with Crippen LogP contribution in [-0.4, -0.2) is 39.5 Å². The van der Waals surface area contributed by atoms with Crippen LogP contribution in [0.15, 0.2) is 53.4 Å². The van der Waals surface area contributed by atoms with E-state index < -0.39 is 21.9 Å². The van der Waals surface area contributed by atoms with E-state index >= 15 is 0 Å². The van der Waals surface area contributed by atoms with Crippen molar-refractivity contribution in [1.29, 1.82) is 0 Å². The van der Waals surface area contributed by atoms with E-state index in [9.17, 15) is 18.0 Å². The van der Waals surface area contributed by atoms with Crippen molar-refractivity contribution >= 4 is 27.6 Å². The first kappa shape index (κ1) is 22.2. The summed E-state index contributed by atoms with van der Waals surface area (Å²) in [6.45, 7) is 5.46. The highest BCUT2D eigenvalue weighted by atomic mass is 32.2. The summed E-state index contributed by atoms with van der Waals surface area (Å²) >= 11 is 0. The standard InChI is InChI=1S/C20H24N2O6S/c1-4-27-17-10-8-16(9-11-17)22-29(25,26)18-7-5-6-15(12-18)20(24)21-13-19(23)28-14(2)3/h5-12,14,22H,4,13H2,1-3H3,(H,21,24). The quantitative estimate of drug-likeness (QED) is 0.603. The first-order valence-corrected chi connectivity index (χ1v) is 10.5. The molecule has 0 fully saturated rings. The van der Waals surface area contributed by atoms with Crippen molar-refractivity contribution < 1.29 is 27.5 Å². The smallest absolute Gasteiger partial charge is 0.325 e. The van der Waals surface area contributed by atoms with E-state index in [-0.39, 0.29) is 23.1 Å². The lowest BCUT2D eigenvalue weighted by molar-refractivity contribution is -0.146. The Labute approximate surface area is 170 Å². The summed E-state index contributed by atoms with van der Waals surface area (Å²) in [6.07, 6.45) is -0.290. The highest BCUT2D eigenvalue weighted by molar-refractivity contribution is 7.92.